The molecular weight excluding hydrogens is 472 g/mol. The first-order valence-electron chi connectivity index (χ1n) is 14.3. The van der Waals surface area contributed by atoms with Crippen LogP contribution in [-0.2, 0) is 4.79 Å². The minimum atomic E-state index is -1.19. The summed E-state index contributed by atoms with van der Waals surface area (Å²) in [6.07, 6.45) is 4.08. The van der Waals surface area contributed by atoms with Crippen LogP contribution in [0, 0.1) is 50.2 Å². The average molecular weight is 521 g/mol. The number of carboxylic acids is 1. The standard InChI is InChI=1S/C30H48O7/c1-25(2)10-11-30(24(36)37)18(12-25)17-6-7-20-26(3)13-19(33)23(35)29(15-31,16-32)21(26)8-9-27(20,4)28(17,5)14-22(30)34/h6,18-23,31-35H,7-16H2,1-5H3,(H,36,37)/t18?,19-,20?,21?,22?,23-,26+,27+,28?,30+/m0/s1. The normalized spacial score (nSPS) is 52.1. The molecule has 0 radical (unpaired) electrons. The molecule has 5 rings (SSSR count). The molecule has 0 aromatic rings. The Balaban J connectivity index is 1.64. The molecule has 4 fully saturated rings. The zero-order chi connectivity index (χ0) is 27.4. The maximum Gasteiger partial charge on any atom is 0.312 e. The predicted octanol–water partition coefficient (Wildman–Crippen LogP) is 3.12. The minimum Gasteiger partial charge on any atom is -0.481 e. The van der Waals surface area contributed by atoms with Gasteiger partial charge < -0.3 is 30.6 Å². The summed E-state index contributed by atoms with van der Waals surface area (Å²) in [7, 11) is 0. The van der Waals surface area contributed by atoms with Crippen molar-refractivity contribution in [2.24, 2.45) is 50.2 Å². The largest absolute Gasteiger partial charge is 0.481 e. The molecular formula is C30H48O7. The van der Waals surface area contributed by atoms with Gasteiger partial charge in [-0.15, -0.1) is 0 Å². The van der Waals surface area contributed by atoms with Gasteiger partial charge in [-0.3, -0.25) is 4.79 Å². The number of allylic oxidation sites excluding steroid dienone is 2. The first-order chi connectivity index (χ1) is 17.1. The van der Waals surface area contributed by atoms with E-state index in [-0.39, 0.29) is 41.8 Å². The summed E-state index contributed by atoms with van der Waals surface area (Å²) in [6.45, 7) is 10.3. The number of aliphatic hydroxyl groups is 5. The van der Waals surface area contributed by atoms with E-state index < -0.39 is 45.9 Å². The van der Waals surface area contributed by atoms with Crippen LogP contribution in [0.4, 0.5) is 0 Å². The maximum atomic E-state index is 12.8. The molecule has 210 valence electrons. The van der Waals surface area contributed by atoms with Gasteiger partial charge in [0.25, 0.3) is 0 Å². The minimum absolute atomic E-state index is 0.00467. The highest BCUT2D eigenvalue weighted by molar-refractivity contribution is 5.77. The molecule has 5 aliphatic carbocycles. The SMILES string of the molecule is CC1(C)CC[C@]2(C(=O)O)C(O)CC3(C)C(=CCC4[C@@]5(C)C[C@H](O)[C@H](O)C(CO)(CO)C5CC[C@]43C)C2C1. The van der Waals surface area contributed by atoms with Gasteiger partial charge in [-0.05, 0) is 90.8 Å². The molecule has 0 amide bonds. The second-order valence-electron chi connectivity index (χ2n) is 15.0. The lowest BCUT2D eigenvalue weighted by molar-refractivity contribution is -0.260. The van der Waals surface area contributed by atoms with Crippen molar-refractivity contribution >= 4 is 5.97 Å². The summed E-state index contributed by atoms with van der Waals surface area (Å²) >= 11 is 0. The van der Waals surface area contributed by atoms with Crippen molar-refractivity contribution in [3.63, 3.8) is 0 Å². The van der Waals surface area contributed by atoms with Crippen LogP contribution >= 0.6 is 0 Å². The molecule has 0 heterocycles. The van der Waals surface area contributed by atoms with E-state index in [1.807, 2.05) is 0 Å². The summed E-state index contributed by atoms with van der Waals surface area (Å²) in [6, 6.07) is 0. The van der Waals surface area contributed by atoms with Crippen molar-refractivity contribution in [2.45, 2.75) is 104 Å². The van der Waals surface area contributed by atoms with Gasteiger partial charge in [-0.25, -0.2) is 0 Å². The Morgan fingerprint density at radius 2 is 1.57 bits per heavy atom. The van der Waals surface area contributed by atoms with Gasteiger partial charge in [0.15, 0.2) is 0 Å². The summed E-state index contributed by atoms with van der Waals surface area (Å²) in [5.74, 6) is -1.18. The van der Waals surface area contributed by atoms with Crippen LogP contribution in [-0.4, -0.2) is 68.1 Å². The first kappa shape index (κ1) is 27.6. The van der Waals surface area contributed by atoms with Crippen molar-refractivity contribution in [1.29, 1.82) is 0 Å². The van der Waals surface area contributed by atoms with E-state index in [4.69, 9.17) is 0 Å². The average Bonchev–Trinajstić information content (AvgIpc) is 2.80. The number of carboxylic acid groups (broad SMARTS) is 1. The zero-order valence-corrected chi connectivity index (χ0v) is 23.2. The number of aliphatic hydroxyl groups excluding tert-OH is 5. The first-order valence-corrected chi connectivity index (χ1v) is 14.3. The third-order valence-corrected chi connectivity index (χ3v) is 13.2. The Morgan fingerprint density at radius 3 is 2.16 bits per heavy atom. The molecule has 6 N–H and O–H groups in total. The number of aliphatic carboxylic acids is 1. The van der Waals surface area contributed by atoms with Crippen molar-refractivity contribution < 1.29 is 35.4 Å². The number of fused-ring (bicyclic) bond motifs is 7. The van der Waals surface area contributed by atoms with E-state index in [1.165, 1.54) is 5.57 Å². The molecule has 0 bridgehead atoms. The Morgan fingerprint density at radius 1 is 0.919 bits per heavy atom. The quantitative estimate of drug-likeness (QED) is 0.314. The van der Waals surface area contributed by atoms with Crippen LogP contribution in [0.25, 0.3) is 0 Å². The molecule has 5 unspecified atom stereocenters. The summed E-state index contributed by atoms with van der Waals surface area (Å²) in [5.41, 5.74) is -2.26. The number of carbonyl (C=O) groups is 1. The number of rotatable bonds is 3. The summed E-state index contributed by atoms with van der Waals surface area (Å²) < 4.78 is 0. The molecule has 37 heavy (non-hydrogen) atoms. The van der Waals surface area contributed by atoms with Crippen LogP contribution in [0.5, 0.6) is 0 Å². The second-order valence-corrected chi connectivity index (χ2v) is 15.0. The van der Waals surface area contributed by atoms with Gasteiger partial charge in [0.05, 0.1) is 31.5 Å². The summed E-state index contributed by atoms with van der Waals surface area (Å²) in [5, 5.41) is 65.1. The van der Waals surface area contributed by atoms with E-state index in [2.05, 4.69) is 40.7 Å². The van der Waals surface area contributed by atoms with Gasteiger partial charge in [0.2, 0.25) is 0 Å². The van der Waals surface area contributed by atoms with Crippen LogP contribution in [0.1, 0.15) is 86.0 Å². The second kappa shape index (κ2) is 8.26. The van der Waals surface area contributed by atoms with Gasteiger partial charge >= 0.3 is 5.97 Å². The molecule has 4 saturated carbocycles. The molecule has 7 nitrogen and oxygen atoms in total. The molecule has 5 aliphatic rings. The van der Waals surface area contributed by atoms with Gasteiger partial charge in [0.1, 0.15) is 5.41 Å². The molecule has 0 aromatic carbocycles. The van der Waals surface area contributed by atoms with Crippen LogP contribution in [0.2, 0.25) is 0 Å². The van der Waals surface area contributed by atoms with Crippen LogP contribution in [0.15, 0.2) is 11.6 Å². The molecule has 7 heteroatoms. The van der Waals surface area contributed by atoms with E-state index in [0.29, 0.717) is 25.7 Å². The van der Waals surface area contributed by atoms with E-state index >= 15 is 0 Å². The van der Waals surface area contributed by atoms with Crippen LogP contribution in [0.3, 0.4) is 0 Å². The van der Waals surface area contributed by atoms with Gasteiger partial charge in [-0.1, -0.05) is 46.3 Å². The monoisotopic (exact) mass is 520 g/mol. The zero-order valence-electron chi connectivity index (χ0n) is 23.2. The van der Waals surface area contributed by atoms with Crippen molar-refractivity contribution in [3.05, 3.63) is 11.6 Å². The van der Waals surface area contributed by atoms with E-state index in [1.54, 1.807) is 0 Å². The highest BCUT2D eigenvalue weighted by Gasteiger charge is 2.72. The molecule has 0 saturated heterocycles. The number of hydrogen-bond acceptors (Lipinski definition) is 6. The van der Waals surface area contributed by atoms with Crippen LogP contribution < -0.4 is 0 Å². The van der Waals surface area contributed by atoms with Crippen molar-refractivity contribution in [2.75, 3.05) is 13.2 Å². The molecule has 0 aromatic heterocycles. The number of hydrogen-bond donors (Lipinski definition) is 6. The van der Waals surface area contributed by atoms with E-state index in [0.717, 1.165) is 25.7 Å². The lowest BCUT2D eigenvalue weighted by Gasteiger charge is -2.72. The highest BCUT2D eigenvalue weighted by atomic mass is 16.4. The third-order valence-electron chi connectivity index (χ3n) is 13.2. The lowest BCUT2D eigenvalue weighted by atomic mass is 9.33. The fourth-order valence-electron chi connectivity index (χ4n) is 10.9. The Hall–Kier alpha value is -0.990. The molecule has 10 atom stereocenters. The summed E-state index contributed by atoms with van der Waals surface area (Å²) in [4.78, 5) is 12.8. The Bertz CT molecular complexity index is 986. The lowest BCUT2D eigenvalue weighted by Crippen LogP contribution is -2.70. The fraction of sp³-hybridized carbons (Fsp3) is 0.900. The smallest absolute Gasteiger partial charge is 0.312 e. The highest BCUT2D eigenvalue weighted by Crippen LogP contribution is 2.75. The third kappa shape index (κ3) is 3.21. The topological polar surface area (TPSA) is 138 Å². The fourth-order valence-corrected chi connectivity index (χ4v) is 10.9. The molecule has 0 spiro atoms. The molecule has 0 aliphatic heterocycles. The van der Waals surface area contributed by atoms with Gasteiger partial charge in [-0.2, -0.15) is 0 Å². The van der Waals surface area contributed by atoms with E-state index in [9.17, 15) is 35.4 Å². The predicted molar refractivity (Wildman–Crippen MR) is 138 cm³/mol. The Kier molecular flexibility index (Phi) is 6.16. The van der Waals surface area contributed by atoms with Gasteiger partial charge in [0, 0.05) is 5.41 Å². The maximum absolute atomic E-state index is 12.8. The van der Waals surface area contributed by atoms with Crippen molar-refractivity contribution in [1.82, 2.24) is 0 Å². The van der Waals surface area contributed by atoms with Crippen molar-refractivity contribution in [3.8, 4) is 0 Å². The Labute approximate surface area is 221 Å².